The highest BCUT2D eigenvalue weighted by Gasteiger charge is 2.36. The highest BCUT2D eigenvalue weighted by molar-refractivity contribution is 7.93. The molecule has 0 spiro atoms. The van der Waals surface area contributed by atoms with E-state index in [9.17, 15) is 39.6 Å². The van der Waals surface area contributed by atoms with Gasteiger partial charge in [-0.25, -0.2) is 45.0 Å². The minimum atomic E-state index is -4.41. The van der Waals surface area contributed by atoms with Crippen molar-refractivity contribution in [1.29, 1.82) is 0 Å². The number of nitrogens with one attached hydrogen (secondary N) is 2. The molecular weight excluding hydrogens is 849 g/mol. The number of primary sulfonamides is 2. The van der Waals surface area contributed by atoms with E-state index in [1.807, 2.05) is 0 Å². The number of aromatic nitrogens is 6. The van der Waals surface area contributed by atoms with Gasteiger partial charge in [0.15, 0.2) is 5.69 Å². The maximum Gasteiger partial charge on any atom is 0.348 e. The van der Waals surface area contributed by atoms with Crippen molar-refractivity contribution in [2.24, 2.45) is 20.5 Å². The summed E-state index contributed by atoms with van der Waals surface area (Å²) in [4.78, 5) is 40.5. The number of carbonyl (C=O) groups excluding carboxylic acids is 3. The van der Waals surface area contributed by atoms with Crippen molar-refractivity contribution in [2.45, 2.75) is 18.9 Å². The summed E-state index contributed by atoms with van der Waals surface area (Å²) in [6.45, 7) is 0. The standard InChI is InChI=1S/C30H24N12O10S5/c1-52-26(45)25(55(46,47)19-13-6-3-7-14-19)36-35-17-11-8-12-18(15-17)42-22(16-9-4-2-5-10-16)20(23(43)33-27-37-39-29(53-27)56(31,48)49)21(41-42)24(44)34-28-38-40-30(54-28)57(32,50)51/h2-15,25H,1H3,(H2,31,48,49)(H2,32,50,51)(H,33,37,43)(H,34,38,44). The smallest absolute Gasteiger partial charge is 0.348 e. The minimum absolute atomic E-state index is 0.00931. The highest BCUT2D eigenvalue weighted by atomic mass is 32.3. The maximum absolute atomic E-state index is 14.1. The fraction of sp³-hybridized carbons (Fsp3) is 0.0667. The molecule has 3 aromatic carbocycles. The fourth-order valence-electron chi connectivity index (χ4n) is 4.79. The molecule has 294 valence electrons. The van der Waals surface area contributed by atoms with Gasteiger partial charge in [0.1, 0.15) is 0 Å². The van der Waals surface area contributed by atoms with Crippen LogP contribution in [0.5, 0.6) is 0 Å². The molecule has 0 saturated heterocycles. The van der Waals surface area contributed by atoms with Gasteiger partial charge in [-0.3, -0.25) is 20.2 Å². The average molecular weight is 873 g/mol. The number of amides is 2. The van der Waals surface area contributed by atoms with Gasteiger partial charge in [-0.15, -0.1) is 20.4 Å². The number of nitrogens with two attached hydrogens (primary N) is 2. The van der Waals surface area contributed by atoms with Gasteiger partial charge < -0.3 is 4.74 Å². The Bertz CT molecular complexity index is 2880. The van der Waals surface area contributed by atoms with Crippen LogP contribution in [0.25, 0.3) is 16.9 Å². The molecule has 0 radical (unpaired) electrons. The van der Waals surface area contributed by atoms with Gasteiger partial charge >= 0.3 is 5.97 Å². The predicted octanol–water partition coefficient (Wildman–Crippen LogP) is 2.10. The van der Waals surface area contributed by atoms with Gasteiger partial charge in [-0.1, -0.05) is 77.3 Å². The number of anilines is 2. The molecule has 0 fully saturated rings. The van der Waals surface area contributed by atoms with Crippen molar-refractivity contribution in [3.63, 3.8) is 0 Å². The van der Waals surface area contributed by atoms with E-state index in [1.165, 1.54) is 53.2 Å². The highest BCUT2D eigenvalue weighted by Crippen LogP contribution is 2.33. The number of ether oxygens (including phenoxy) is 1. The Morgan fingerprint density at radius 3 is 1.86 bits per heavy atom. The van der Waals surface area contributed by atoms with Gasteiger partial charge in [0.2, 0.25) is 28.8 Å². The van der Waals surface area contributed by atoms with Gasteiger partial charge in [0, 0.05) is 5.56 Å². The average Bonchev–Trinajstić information content (AvgIpc) is 3.95. The topological polar surface area (TPSA) is 333 Å². The van der Waals surface area contributed by atoms with E-state index in [4.69, 9.17) is 15.0 Å². The monoisotopic (exact) mass is 872 g/mol. The van der Waals surface area contributed by atoms with Gasteiger partial charge in [-0.05, 0) is 30.3 Å². The van der Waals surface area contributed by atoms with Crippen LogP contribution in [0.15, 0.2) is 109 Å². The van der Waals surface area contributed by atoms with E-state index < -0.39 is 73.0 Å². The zero-order chi connectivity index (χ0) is 41.1. The Hall–Kier alpha value is -6.23. The van der Waals surface area contributed by atoms with Gasteiger partial charge in [0.25, 0.3) is 37.2 Å². The molecule has 57 heavy (non-hydrogen) atoms. The van der Waals surface area contributed by atoms with E-state index in [1.54, 1.807) is 36.4 Å². The molecule has 0 aliphatic carbocycles. The Kier molecular flexibility index (Phi) is 11.4. The summed E-state index contributed by atoms with van der Waals surface area (Å²) in [7, 11) is -12.0. The van der Waals surface area contributed by atoms with Crippen molar-refractivity contribution in [3.05, 3.63) is 96.2 Å². The first kappa shape index (κ1) is 40.4. The molecule has 2 amide bonds. The number of hydrogen-bond donors (Lipinski definition) is 4. The summed E-state index contributed by atoms with van der Waals surface area (Å²) in [5.41, 5.74) is -0.569. The van der Waals surface area contributed by atoms with E-state index >= 15 is 0 Å². The van der Waals surface area contributed by atoms with Crippen LogP contribution >= 0.6 is 22.7 Å². The fourth-order valence-corrected chi connectivity index (χ4v) is 8.76. The van der Waals surface area contributed by atoms with Crippen LogP contribution in [0.2, 0.25) is 0 Å². The van der Waals surface area contributed by atoms with E-state index in [0.717, 1.165) is 7.11 Å². The van der Waals surface area contributed by atoms with Crippen LogP contribution in [0.4, 0.5) is 16.0 Å². The first-order valence-electron chi connectivity index (χ1n) is 15.4. The number of hydrogen-bond acceptors (Lipinski definition) is 19. The lowest BCUT2D eigenvalue weighted by molar-refractivity contribution is -0.140. The Morgan fingerprint density at radius 1 is 0.754 bits per heavy atom. The molecule has 1 unspecified atom stereocenters. The van der Waals surface area contributed by atoms with E-state index in [0.29, 0.717) is 28.2 Å². The summed E-state index contributed by atoms with van der Waals surface area (Å²) in [5.74, 6) is -3.33. The van der Waals surface area contributed by atoms with Crippen molar-refractivity contribution < 1.29 is 44.4 Å². The number of sulfonamides is 2. The van der Waals surface area contributed by atoms with Crippen molar-refractivity contribution >= 4 is 86.3 Å². The molecular formula is C30H24N12O10S5. The van der Waals surface area contributed by atoms with Crippen LogP contribution in [0, 0.1) is 0 Å². The lowest BCUT2D eigenvalue weighted by atomic mass is 10.0. The number of azo groups is 1. The van der Waals surface area contributed by atoms with E-state index in [2.05, 4.69) is 46.4 Å². The second kappa shape index (κ2) is 16.1. The number of rotatable bonds is 13. The molecule has 0 aliphatic heterocycles. The molecule has 1 atom stereocenters. The van der Waals surface area contributed by atoms with Gasteiger partial charge in [-0.2, -0.15) is 15.3 Å². The summed E-state index contributed by atoms with van der Waals surface area (Å²) >= 11 is 0.840. The number of sulfone groups is 1. The molecule has 22 nitrogen and oxygen atoms in total. The number of methoxy groups -OCH3 is 1. The molecule has 6 rings (SSSR count). The second-order valence-electron chi connectivity index (χ2n) is 11.1. The summed E-state index contributed by atoms with van der Waals surface area (Å²) in [5, 5.41) is 38.7. The second-order valence-corrected chi connectivity index (χ2v) is 18.5. The quantitative estimate of drug-likeness (QED) is 0.0733. The van der Waals surface area contributed by atoms with Crippen LogP contribution in [-0.2, 0) is 39.4 Å². The zero-order valence-electron chi connectivity index (χ0n) is 28.5. The SMILES string of the molecule is COC(=O)C(N=Nc1cccc(-n2nc(C(=O)Nc3nnc(S(N)(=O)=O)s3)c(C(=O)Nc3nnc(S(N)(=O)=O)s3)c2-c2ccccc2)c1)S(=O)(=O)c1ccccc1. The molecule has 27 heteroatoms. The first-order valence-corrected chi connectivity index (χ1v) is 21.7. The first-order chi connectivity index (χ1) is 27.0. The Morgan fingerprint density at radius 2 is 1.32 bits per heavy atom. The molecule has 0 aliphatic rings. The number of benzene rings is 3. The number of esters is 1. The molecule has 0 saturated carbocycles. The Labute approximate surface area is 329 Å². The van der Waals surface area contributed by atoms with Crippen LogP contribution in [0.3, 0.4) is 0 Å². The number of nitrogens with zero attached hydrogens (tertiary/aromatic N) is 8. The van der Waals surface area contributed by atoms with Crippen molar-refractivity contribution in [1.82, 2.24) is 30.2 Å². The summed E-state index contributed by atoms with van der Waals surface area (Å²) < 4.78 is 78.6. The molecule has 0 bridgehead atoms. The van der Waals surface area contributed by atoms with Crippen LogP contribution in [0.1, 0.15) is 20.8 Å². The lowest BCUT2D eigenvalue weighted by Crippen LogP contribution is -2.29. The third-order valence-electron chi connectivity index (χ3n) is 7.24. The van der Waals surface area contributed by atoms with E-state index in [-0.39, 0.29) is 32.2 Å². The number of carbonyl (C=O) groups is 3. The minimum Gasteiger partial charge on any atom is -0.467 e. The van der Waals surface area contributed by atoms with Gasteiger partial charge in [0.05, 0.1) is 34.6 Å². The predicted molar refractivity (Wildman–Crippen MR) is 201 cm³/mol. The van der Waals surface area contributed by atoms with Crippen LogP contribution < -0.4 is 20.9 Å². The molecule has 6 aromatic rings. The third-order valence-corrected chi connectivity index (χ3v) is 13.3. The summed E-state index contributed by atoms with van der Waals surface area (Å²) in [6.07, 6.45) is 0. The normalized spacial score (nSPS) is 12.6. The zero-order valence-corrected chi connectivity index (χ0v) is 32.6. The molecule has 3 aromatic heterocycles. The molecule has 3 heterocycles. The largest absolute Gasteiger partial charge is 0.467 e. The lowest BCUT2D eigenvalue weighted by Gasteiger charge is -2.11. The summed E-state index contributed by atoms with van der Waals surface area (Å²) in [6, 6.07) is 20.9. The van der Waals surface area contributed by atoms with Crippen molar-refractivity contribution in [2.75, 3.05) is 17.7 Å². The van der Waals surface area contributed by atoms with Crippen LogP contribution in [-0.4, -0.2) is 85.7 Å². The Balaban J connectivity index is 1.49. The van der Waals surface area contributed by atoms with Crippen molar-refractivity contribution in [3.8, 4) is 16.9 Å². The molecule has 6 N–H and O–H groups in total. The third kappa shape index (κ3) is 8.93. The maximum atomic E-state index is 14.1.